The summed E-state index contributed by atoms with van der Waals surface area (Å²) in [5, 5.41) is 18.2. The molecule has 1 aliphatic carbocycles. The van der Waals surface area contributed by atoms with Crippen molar-refractivity contribution in [2.45, 2.75) is 146 Å². The lowest BCUT2D eigenvalue weighted by atomic mass is 9.85. The standard InChI is InChI=1S/C55H78N4O6/c1-13-39-34(7)41-29-46-48(38(11)60)36(9)43(57-46)27-42-35(8)40(52(58-42)50-51(55(63)64-12)54(62)49-37(10)44(59-53(49)50)28-45(39)56-41)23-24-47(61)65-26-25-33(6)22-16-21-32(5)20-15-19-31(4)18-14-17-30(2)3/h25,27-32,34-35,39-40,51,56-60H,11,13-24,26H2,1-10,12H3/b33-25+,41-29-,42-27-,45-28-,52-50-/t31-,32-,34-,35+,39-,40+,51-/m1/s1. The van der Waals surface area contributed by atoms with Gasteiger partial charge in [-0.3, -0.25) is 14.4 Å². The fourth-order valence-corrected chi connectivity index (χ4v) is 10.9. The van der Waals surface area contributed by atoms with E-state index in [9.17, 15) is 19.5 Å². The number of allylic oxidation sites excluding steroid dienone is 5. The highest BCUT2D eigenvalue weighted by atomic mass is 16.5. The molecule has 10 heteroatoms. The van der Waals surface area contributed by atoms with Gasteiger partial charge in [-0.25, -0.2) is 0 Å². The van der Waals surface area contributed by atoms with E-state index >= 15 is 0 Å². The minimum atomic E-state index is -1.17. The Morgan fingerprint density at radius 2 is 1.42 bits per heavy atom. The van der Waals surface area contributed by atoms with Crippen LogP contribution in [0.3, 0.4) is 0 Å². The number of methoxy groups -OCH3 is 1. The molecule has 2 aromatic heterocycles. The van der Waals surface area contributed by atoms with E-state index in [1.165, 1.54) is 57.6 Å². The summed E-state index contributed by atoms with van der Waals surface area (Å²) in [5.74, 6) is -0.181. The fraction of sp³-hybridized carbons (Fsp3) is 0.582. The van der Waals surface area contributed by atoms with Crippen LogP contribution in [0.15, 0.2) is 41.0 Å². The van der Waals surface area contributed by atoms with Crippen LogP contribution in [0.25, 0.3) is 29.6 Å². The van der Waals surface area contributed by atoms with Crippen LogP contribution in [0, 0.1) is 61.2 Å². The number of esters is 2. The molecule has 2 aromatic rings. The Labute approximate surface area is 389 Å². The molecule has 354 valence electrons. The number of aromatic nitrogens is 2. The Hall–Kier alpha value is -4.99. The predicted octanol–water partition coefficient (Wildman–Crippen LogP) is 12.8. The van der Waals surface area contributed by atoms with Crippen molar-refractivity contribution in [3.63, 3.8) is 0 Å². The average molecular weight is 891 g/mol. The number of carbonyl (C=O) groups excluding carboxylic acids is 3. The molecular formula is C55H78N4O6. The Kier molecular flexibility index (Phi) is 16.4. The van der Waals surface area contributed by atoms with Gasteiger partial charge < -0.3 is 35.2 Å². The van der Waals surface area contributed by atoms with Crippen LogP contribution in [-0.4, -0.2) is 46.5 Å². The molecule has 4 aliphatic rings. The molecule has 0 unspecified atom stereocenters. The van der Waals surface area contributed by atoms with Gasteiger partial charge in [0.2, 0.25) is 0 Å². The average Bonchev–Trinajstić information content (AvgIpc) is 4.00. The summed E-state index contributed by atoms with van der Waals surface area (Å²) < 4.78 is 11.1. The van der Waals surface area contributed by atoms with Gasteiger partial charge in [0.05, 0.1) is 18.5 Å². The minimum Gasteiger partial charge on any atom is -0.508 e. The fourth-order valence-electron chi connectivity index (χ4n) is 10.9. The van der Waals surface area contributed by atoms with Crippen LogP contribution >= 0.6 is 0 Å². The van der Waals surface area contributed by atoms with Crippen molar-refractivity contribution >= 4 is 47.3 Å². The first-order valence-corrected chi connectivity index (χ1v) is 24.6. The topological polar surface area (TPSA) is 146 Å². The third-order valence-corrected chi connectivity index (χ3v) is 15.0. The highest BCUT2D eigenvalue weighted by Gasteiger charge is 2.49. The first kappa shape index (κ1) is 49.4. The Balaban J connectivity index is 1.21. The van der Waals surface area contributed by atoms with E-state index in [0.717, 1.165) is 76.4 Å². The molecule has 0 amide bonds. The number of Topliss-reactive ketones (excluding diaryl/α,β-unsaturated/α-hetero) is 1. The number of nitrogens with one attached hydrogen (secondary N) is 4. The maximum atomic E-state index is 14.4. The van der Waals surface area contributed by atoms with E-state index in [2.05, 4.69) is 94.7 Å². The van der Waals surface area contributed by atoms with Crippen LogP contribution in [0.4, 0.5) is 0 Å². The van der Waals surface area contributed by atoms with Crippen LogP contribution < -0.4 is 10.6 Å². The smallest absolute Gasteiger partial charge is 0.321 e. The maximum absolute atomic E-state index is 14.4. The van der Waals surface area contributed by atoms with E-state index < -0.39 is 11.9 Å². The third-order valence-electron chi connectivity index (χ3n) is 15.0. The van der Waals surface area contributed by atoms with Crippen molar-refractivity contribution in [1.29, 1.82) is 0 Å². The molecule has 10 nitrogen and oxygen atoms in total. The molecule has 0 aromatic carbocycles. The minimum absolute atomic E-state index is 0.0291. The van der Waals surface area contributed by atoms with Gasteiger partial charge in [0, 0.05) is 81.0 Å². The number of H-pyrrole nitrogens is 2. The molecule has 3 aliphatic heterocycles. The Morgan fingerprint density at radius 3 is 2.06 bits per heavy atom. The number of carbonyl (C=O) groups is 3. The summed E-state index contributed by atoms with van der Waals surface area (Å²) in [4.78, 5) is 48.7. The van der Waals surface area contributed by atoms with E-state index in [4.69, 9.17) is 9.47 Å². The number of aliphatic hydroxyl groups is 1. The van der Waals surface area contributed by atoms with Crippen LogP contribution in [0.2, 0.25) is 0 Å². The van der Waals surface area contributed by atoms with Crippen molar-refractivity contribution < 1.29 is 29.0 Å². The third kappa shape index (κ3) is 11.0. The number of aromatic amines is 2. The Bertz CT molecular complexity index is 2280. The van der Waals surface area contributed by atoms with Gasteiger partial charge in [-0.1, -0.05) is 106 Å². The largest absolute Gasteiger partial charge is 0.508 e. The molecule has 65 heavy (non-hydrogen) atoms. The molecule has 6 rings (SSSR count). The second kappa shape index (κ2) is 21.5. The summed E-state index contributed by atoms with van der Waals surface area (Å²) in [6, 6.07) is 0. The van der Waals surface area contributed by atoms with Crippen molar-refractivity contribution in [1.82, 2.24) is 20.6 Å². The van der Waals surface area contributed by atoms with Gasteiger partial charge in [-0.2, -0.15) is 0 Å². The summed E-state index contributed by atoms with van der Waals surface area (Å²) in [7, 11) is 1.31. The lowest BCUT2D eigenvalue weighted by Gasteiger charge is -2.19. The summed E-state index contributed by atoms with van der Waals surface area (Å²) in [6.45, 7) is 26.0. The summed E-state index contributed by atoms with van der Waals surface area (Å²) in [5.41, 5.74) is 11.1. The lowest BCUT2D eigenvalue weighted by molar-refractivity contribution is -0.143. The maximum Gasteiger partial charge on any atom is 0.321 e. The van der Waals surface area contributed by atoms with Crippen LogP contribution in [0.5, 0.6) is 0 Å². The van der Waals surface area contributed by atoms with Gasteiger partial charge in [0.1, 0.15) is 18.3 Å². The van der Waals surface area contributed by atoms with E-state index in [1.807, 2.05) is 26.0 Å². The monoisotopic (exact) mass is 891 g/mol. The second-order valence-electron chi connectivity index (χ2n) is 20.3. The summed E-state index contributed by atoms with van der Waals surface area (Å²) in [6.07, 6.45) is 20.9. The van der Waals surface area contributed by atoms with Crippen molar-refractivity contribution in [3.05, 3.63) is 86.0 Å². The number of hydrogen-bond acceptors (Lipinski definition) is 8. The van der Waals surface area contributed by atoms with Gasteiger partial charge in [0.15, 0.2) is 5.78 Å². The molecule has 7 atom stereocenters. The molecule has 0 radical (unpaired) electrons. The lowest BCUT2D eigenvalue weighted by Crippen LogP contribution is -2.25. The molecule has 2 saturated heterocycles. The van der Waals surface area contributed by atoms with Crippen LogP contribution in [0.1, 0.15) is 182 Å². The quantitative estimate of drug-likeness (QED) is 0.0382. The molecule has 2 fully saturated rings. The SMILES string of the molecule is C=C(O)c1c2[nH]c(c1C)/C=C1\N/C(=C3\c4[nH]c(c(C)c4C(=O)[C@@H]3C(=O)OC)/C=C3\N/C(=C\2)[C@H](C)[C@H]3CC)[C@@H](CCC(=O)OC/C=C(\C)CCC[C@H](C)CCC[C@H](C)CCCC(C)C)[C@@H]1C. The molecular weight excluding hydrogens is 813 g/mol. The molecule has 8 bridgehead atoms. The molecule has 5 N–H and O–H groups in total. The predicted molar refractivity (Wildman–Crippen MR) is 264 cm³/mol. The number of hydrogen-bond donors (Lipinski definition) is 5. The molecule has 5 heterocycles. The second-order valence-corrected chi connectivity index (χ2v) is 20.3. The first-order chi connectivity index (χ1) is 30.9. The zero-order valence-corrected chi connectivity index (χ0v) is 41.3. The van der Waals surface area contributed by atoms with Crippen molar-refractivity contribution in [3.8, 4) is 0 Å². The number of ether oxygens (including phenoxy) is 2. The zero-order valence-electron chi connectivity index (χ0n) is 41.3. The van der Waals surface area contributed by atoms with Gasteiger partial charge in [-0.15, -0.1) is 0 Å². The van der Waals surface area contributed by atoms with Gasteiger partial charge in [0.25, 0.3) is 0 Å². The van der Waals surface area contributed by atoms with Crippen molar-refractivity contribution in [2.24, 2.45) is 47.3 Å². The molecule has 0 spiro atoms. The number of ketones is 1. The summed E-state index contributed by atoms with van der Waals surface area (Å²) >= 11 is 0. The Morgan fingerprint density at radius 1 is 0.815 bits per heavy atom. The van der Waals surface area contributed by atoms with Crippen LogP contribution in [-0.2, 0) is 19.1 Å². The zero-order chi connectivity index (χ0) is 47.3. The highest BCUT2D eigenvalue weighted by Crippen LogP contribution is 2.49. The molecule has 0 saturated carbocycles. The van der Waals surface area contributed by atoms with Gasteiger partial charge in [-0.05, 0) is 99.6 Å². The van der Waals surface area contributed by atoms with E-state index in [0.29, 0.717) is 40.4 Å². The van der Waals surface area contributed by atoms with E-state index in [-0.39, 0.29) is 54.2 Å². The van der Waals surface area contributed by atoms with Gasteiger partial charge >= 0.3 is 11.9 Å². The van der Waals surface area contributed by atoms with E-state index in [1.54, 1.807) is 0 Å². The highest BCUT2D eigenvalue weighted by molar-refractivity contribution is 6.24. The normalized spacial score (nSPS) is 25.8. The first-order valence-electron chi connectivity index (χ1n) is 24.6. The number of rotatable bonds is 20. The van der Waals surface area contributed by atoms with Crippen molar-refractivity contribution in [2.75, 3.05) is 13.7 Å². The number of aliphatic hydroxyl groups excluding tert-OH is 1. The number of fused-ring (bicyclic) bond motifs is 7.